The molecule has 33 heavy (non-hydrogen) atoms. The second-order valence-electron chi connectivity index (χ2n) is 8.16. The topological polar surface area (TPSA) is 73.2 Å². The Labute approximate surface area is 192 Å². The Balaban J connectivity index is 1.51. The zero-order valence-corrected chi connectivity index (χ0v) is 18.8. The third kappa shape index (κ3) is 5.47. The van der Waals surface area contributed by atoms with Gasteiger partial charge in [-0.2, -0.15) is 5.10 Å². The van der Waals surface area contributed by atoms with Crippen LogP contribution in [0.2, 0.25) is 0 Å². The average molecular weight is 442 g/mol. The van der Waals surface area contributed by atoms with Gasteiger partial charge in [-0.25, -0.2) is 4.68 Å². The van der Waals surface area contributed by atoms with Crippen molar-refractivity contribution in [2.24, 2.45) is 0 Å². The van der Waals surface area contributed by atoms with Crippen LogP contribution in [0.5, 0.6) is 5.75 Å². The van der Waals surface area contributed by atoms with E-state index in [9.17, 15) is 9.59 Å². The van der Waals surface area contributed by atoms with Crippen molar-refractivity contribution in [3.05, 3.63) is 106 Å². The van der Waals surface area contributed by atoms with Gasteiger partial charge in [0, 0.05) is 11.9 Å². The first-order chi connectivity index (χ1) is 16.0. The minimum Gasteiger partial charge on any atom is -0.491 e. The van der Waals surface area contributed by atoms with E-state index in [4.69, 9.17) is 4.74 Å². The van der Waals surface area contributed by atoms with Crippen molar-refractivity contribution in [3.63, 3.8) is 0 Å². The highest BCUT2D eigenvalue weighted by molar-refractivity contribution is 6.04. The van der Waals surface area contributed by atoms with E-state index in [1.54, 1.807) is 18.2 Å². The normalized spacial score (nSPS) is 11.0. The summed E-state index contributed by atoms with van der Waals surface area (Å²) in [4.78, 5) is 26.0. The van der Waals surface area contributed by atoms with Gasteiger partial charge in [-0.15, -0.1) is 0 Å². The number of hydrogen-bond donors (Lipinski definition) is 1. The summed E-state index contributed by atoms with van der Waals surface area (Å²) in [5, 5.41) is 8.42. The lowest BCUT2D eigenvalue weighted by Gasteiger charge is -2.12. The second-order valence-corrected chi connectivity index (χ2v) is 8.16. The van der Waals surface area contributed by atoms with Gasteiger partial charge in [0.1, 0.15) is 5.75 Å². The average Bonchev–Trinajstić information content (AvgIpc) is 2.82. The maximum atomic E-state index is 13.0. The molecule has 0 radical (unpaired) electrons. The number of fused-ring (bicyclic) bond motifs is 1. The number of amides is 1. The van der Waals surface area contributed by atoms with Crippen LogP contribution in [0.1, 0.15) is 35.5 Å². The van der Waals surface area contributed by atoms with Crippen LogP contribution in [0.4, 0.5) is 0 Å². The number of aromatic nitrogens is 2. The van der Waals surface area contributed by atoms with Gasteiger partial charge in [0.15, 0.2) is 5.69 Å². The number of benzene rings is 3. The van der Waals surface area contributed by atoms with Crippen LogP contribution in [0, 0.1) is 0 Å². The van der Waals surface area contributed by atoms with Crippen molar-refractivity contribution in [1.29, 1.82) is 0 Å². The molecular formula is C27H27N3O3. The Kier molecular flexibility index (Phi) is 6.83. The molecule has 0 aliphatic carbocycles. The predicted molar refractivity (Wildman–Crippen MR) is 130 cm³/mol. The van der Waals surface area contributed by atoms with Crippen LogP contribution < -0.4 is 15.6 Å². The minimum atomic E-state index is -0.298. The molecular weight excluding hydrogens is 414 g/mol. The largest absolute Gasteiger partial charge is 0.491 e. The first-order valence-corrected chi connectivity index (χ1v) is 11.1. The van der Waals surface area contributed by atoms with Gasteiger partial charge < -0.3 is 10.1 Å². The SMILES string of the molecule is CC(C)Oc1ccc(CCNC(=O)c2nn(Cc3ccccc3)c(=O)c3ccccc23)cc1. The molecule has 0 bridgehead atoms. The van der Waals surface area contributed by atoms with Crippen LogP contribution in [0.25, 0.3) is 10.8 Å². The molecule has 1 aromatic heterocycles. The van der Waals surface area contributed by atoms with Crippen molar-refractivity contribution in [2.45, 2.75) is 32.9 Å². The van der Waals surface area contributed by atoms with E-state index in [0.29, 0.717) is 30.3 Å². The highest BCUT2D eigenvalue weighted by atomic mass is 16.5. The fraction of sp³-hybridized carbons (Fsp3) is 0.222. The number of nitrogens with one attached hydrogen (secondary N) is 1. The summed E-state index contributed by atoms with van der Waals surface area (Å²) in [6.45, 7) is 4.74. The molecule has 0 aliphatic rings. The quantitative estimate of drug-likeness (QED) is 0.445. The van der Waals surface area contributed by atoms with Crippen LogP contribution in [0.3, 0.4) is 0 Å². The molecule has 0 spiro atoms. The highest BCUT2D eigenvalue weighted by Gasteiger charge is 2.16. The molecule has 0 unspecified atom stereocenters. The molecule has 0 saturated carbocycles. The molecule has 6 heteroatoms. The molecule has 0 saturated heterocycles. The first-order valence-electron chi connectivity index (χ1n) is 11.1. The standard InChI is InChI=1S/C27H27N3O3/c1-19(2)33-22-14-12-20(13-15-22)16-17-28-26(31)25-23-10-6-7-11-24(23)27(32)30(29-25)18-21-8-4-3-5-9-21/h3-15,19H,16-18H2,1-2H3,(H,28,31). The number of hydrogen-bond acceptors (Lipinski definition) is 4. The third-order valence-corrected chi connectivity index (χ3v) is 5.25. The van der Waals surface area contributed by atoms with Crippen molar-refractivity contribution >= 4 is 16.7 Å². The maximum Gasteiger partial charge on any atom is 0.274 e. The Morgan fingerprint density at radius 2 is 1.58 bits per heavy atom. The summed E-state index contributed by atoms with van der Waals surface area (Å²) in [5.74, 6) is 0.530. The number of rotatable bonds is 8. The number of nitrogens with zero attached hydrogens (tertiary/aromatic N) is 2. The number of carbonyl (C=O) groups is 1. The van der Waals surface area contributed by atoms with Gasteiger partial charge in [0.05, 0.1) is 18.0 Å². The van der Waals surface area contributed by atoms with Crippen molar-refractivity contribution in [3.8, 4) is 5.75 Å². The van der Waals surface area contributed by atoms with Gasteiger partial charge in [-0.05, 0) is 49.6 Å². The Hall–Kier alpha value is -3.93. The van der Waals surface area contributed by atoms with E-state index in [2.05, 4.69) is 10.4 Å². The molecule has 1 amide bonds. The summed E-state index contributed by atoms with van der Waals surface area (Å²) in [6, 6.07) is 24.6. The summed E-state index contributed by atoms with van der Waals surface area (Å²) in [7, 11) is 0. The lowest BCUT2D eigenvalue weighted by atomic mass is 10.1. The number of carbonyl (C=O) groups excluding carboxylic acids is 1. The van der Waals surface area contributed by atoms with Crippen molar-refractivity contribution in [1.82, 2.24) is 15.1 Å². The Morgan fingerprint density at radius 1 is 0.909 bits per heavy atom. The first kappa shape index (κ1) is 22.3. The van der Waals surface area contributed by atoms with Gasteiger partial charge in [0.2, 0.25) is 0 Å². The molecule has 6 nitrogen and oxygen atoms in total. The molecule has 4 rings (SSSR count). The number of ether oxygens (including phenoxy) is 1. The molecule has 1 N–H and O–H groups in total. The zero-order chi connectivity index (χ0) is 23.2. The molecule has 4 aromatic rings. The van der Waals surface area contributed by atoms with E-state index < -0.39 is 0 Å². The Morgan fingerprint density at radius 3 is 2.27 bits per heavy atom. The molecule has 168 valence electrons. The van der Waals surface area contributed by atoms with Crippen molar-refractivity contribution in [2.75, 3.05) is 6.54 Å². The minimum absolute atomic E-state index is 0.127. The molecule has 0 atom stereocenters. The summed E-state index contributed by atoms with van der Waals surface area (Å²) >= 11 is 0. The van der Waals surface area contributed by atoms with E-state index in [1.807, 2.05) is 74.5 Å². The van der Waals surface area contributed by atoms with Crippen LogP contribution in [-0.4, -0.2) is 28.3 Å². The lowest BCUT2D eigenvalue weighted by molar-refractivity contribution is 0.0948. The van der Waals surface area contributed by atoms with Crippen LogP contribution in [-0.2, 0) is 13.0 Å². The van der Waals surface area contributed by atoms with E-state index >= 15 is 0 Å². The monoisotopic (exact) mass is 441 g/mol. The Bertz CT molecular complexity index is 1300. The van der Waals surface area contributed by atoms with Gasteiger partial charge in [-0.1, -0.05) is 60.7 Å². The smallest absolute Gasteiger partial charge is 0.274 e. The third-order valence-electron chi connectivity index (χ3n) is 5.25. The van der Waals surface area contributed by atoms with E-state index in [1.165, 1.54) is 4.68 Å². The van der Waals surface area contributed by atoms with Crippen LogP contribution in [0.15, 0.2) is 83.7 Å². The van der Waals surface area contributed by atoms with Gasteiger partial charge in [0.25, 0.3) is 11.5 Å². The zero-order valence-electron chi connectivity index (χ0n) is 18.8. The summed E-state index contributed by atoms with van der Waals surface area (Å²) in [6.07, 6.45) is 0.803. The maximum absolute atomic E-state index is 13.0. The fourth-order valence-corrected chi connectivity index (χ4v) is 3.68. The summed E-state index contributed by atoms with van der Waals surface area (Å²) < 4.78 is 7.03. The molecule has 0 fully saturated rings. The lowest BCUT2D eigenvalue weighted by Crippen LogP contribution is -2.32. The second kappa shape index (κ2) is 10.1. The molecule has 3 aromatic carbocycles. The highest BCUT2D eigenvalue weighted by Crippen LogP contribution is 2.15. The van der Waals surface area contributed by atoms with E-state index in [0.717, 1.165) is 16.9 Å². The predicted octanol–water partition coefficient (Wildman–Crippen LogP) is 4.20. The molecule has 1 heterocycles. The van der Waals surface area contributed by atoms with Crippen molar-refractivity contribution < 1.29 is 9.53 Å². The fourth-order valence-electron chi connectivity index (χ4n) is 3.68. The van der Waals surface area contributed by atoms with Gasteiger partial charge >= 0.3 is 0 Å². The molecule has 0 aliphatic heterocycles. The van der Waals surface area contributed by atoms with Crippen LogP contribution >= 0.6 is 0 Å². The van der Waals surface area contributed by atoms with Gasteiger partial charge in [-0.3, -0.25) is 9.59 Å². The van der Waals surface area contributed by atoms with E-state index in [-0.39, 0.29) is 23.3 Å². The summed E-state index contributed by atoms with van der Waals surface area (Å²) in [5.41, 5.74) is 2.08.